The van der Waals surface area contributed by atoms with Crippen LogP contribution >= 0.6 is 0 Å². The lowest BCUT2D eigenvalue weighted by molar-refractivity contribution is 0.0990. The molecule has 7 heteroatoms. The third-order valence-electron chi connectivity index (χ3n) is 4.54. The van der Waals surface area contributed by atoms with Gasteiger partial charge >= 0.3 is 0 Å². The summed E-state index contributed by atoms with van der Waals surface area (Å²) in [6.45, 7) is 2.42. The maximum absolute atomic E-state index is 13.3. The number of rotatable bonds is 3. The minimum absolute atomic E-state index is 0.0884. The first-order valence-corrected chi connectivity index (χ1v) is 8.01. The predicted octanol–water partition coefficient (Wildman–Crippen LogP) is 2.26. The number of carbonyl (C=O) groups is 1. The summed E-state index contributed by atoms with van der Waals surface area (Å²) in [6, 6.07) is 7.37. The molecule has 0 atom stereocenters. The molecule has 7 nitrogen and oxygen atoms in total. The monoisotopic (exact) mass is 338 g/mol. The maximum atomic E-state index is 13.3. The lowest BCUT2D eigenvalue weighted by atomic mass is 10.1. The lowest BCUT2D eigenvalue weighted by Crippen LogP contribution is -2.29. The number of aromatic nitrogens is 3. The van der Waals surface area contributed by atoms with E-state index in [9.17, 15) is 4.79 Å². The molecule has 2 aromatic heterocycles. The van der Waals surface area contributed by atoms with Crippen molar-refractivity contribution in [3.63, 3.8) is 0 Å². The highest BCUT2D eigenvalue weighted by Crippen LogP contribution is 2.40. The number of anilines is 1. The topological polar surface area (TPSA) is 69.0 Å². The Bertz CT molecular complexity index is 980. The standard InChI is InChI=1S/C18H18N4O3/c1-11-17(14-5-4-7-19-22(14)20-11)18(23)21-8-6-13-15(21)9-12(24-2)10-16(13)25-3/h4-5,7,9-10H,6,8H2,1-3H3. The van der Waals surface area contributed by atoms with Gasteiger partial charge in [0.1, 0.15) is 17.0 Å². The summed E-state index contributed by atoms with van der Waals surface area (Å²) < 4.78 is 12.3. The van der Waals surface area contributed by atoms with Gasteiger partial charge in [-0.1, -0.05) is 0 Å². The molecule has 0 unspecified atom stereocenters. The Labute approximate surface area is 144 Å². The van der Waals surface area contributed by atoms with Crippen molar-refractivity contribution in [2.45, 2.75) is 13.3 Å². The van der Waals surface area contributed by atoms with Crippen LogP contribution in [-0.2, 0) is 6.42 Å². The summed E-state index contributed by atoms with van der Waals surface area (Å²) in [7, 11) is 3.23. The Morgan fingerprint density at radius 1 is 1.24 bits per heavy atom. The van der Waals surface area contributed by atoms with Crippen LogP contribution in [0.25, 0.3) is 5.52 Å². The van der Waals surface area contributed by atoms with Crippen LogP contribution in [0.15, 0.2) is 30.5 Å². The van der Waals surface area contributed by atoms with Crippen LogP contribution in [0.4, 0.5) is 5.69 Å². The highest BCUT2D eigenvalue weighted by molar-refractivity contribution is 6.12. The summed E-state index contributed by atoms with van der Waals surface area (Å²) in [6.07, 6.45) is 2.39. The highest BCUT2D eigenvalue weighted by Gasteiger charge is 2.31. The number of aryl methyl sites for hydroxylation is 1. The summed E-state index contributed by atoms with van der Waals surface area (Å²) in [5, 5.41) is 8.50. The van der Waals surface area contributed by atoms with E-state index in [1.807, 2.05) is 25.1 Å². The third kappa shape index (κ3) is 2.31. The van der Waals surface area contributed by atoms with Gasteiger partial charge in [0.05, 0.1) is 31.2 Å². The number of carbonyl (C=O) groups excluding carboxylic acids is 1. The van der Waals surface area contributed by atoms with Crippen molar-refractivity contribution in [3.8, 4) is 11.5 Å². The first-order chi connectivity index (χ1) is 12.1. The summed E-state index contributed by atoms with van der Waals surface area (Å²) in [4.78, 5) is 15.0. The summed E-state index contributed by atoms with van der Waals surface area (Å²) >= 11 is 0. The van der Waals surface area contributed by atoms with Crippen LogP contribution in [0.1, 0.15) is 21.6 Å². The smallest absolute Gasteiger partial charge is 0.262 e. The molecule has 0 spiro atoms. The van der Waals surface area contributed by atoms with Gasteiger partial charge in [-0.3, -0.25) is 4.79 Å². The normalized spacial score (nSPS) is 13.2. The molecule has 128 valence electrons. The van der Waals surface area contributed by atoms with E-state index in [4.69, 9.17) is 9.47 Å². The van der Waals surface area contributed by atoms with Crippen LogP contribution in [0.2, 0.25) is 0 Å². The predicted molar refractivity (Wildman–Crippen MR) is 92.7 cm³/mol. The Morgan fingerprint density at radius 3 is 2.84 bits per heavy atom. The largest absolute Gasteiger partial charge is 0.497 e. The van der Waals surface area contributed by atoms with Crippen molar-refractivity contribution in [2.24, 2.45) is 0 Å². The molecule has 1 aliphatic heterocycles. The van der Waals surface area contributed by atoms with Gasteiger partial charge in [0, 0.05) is 30.4 Å². The number of hydrogen-bond donors (Lipinski definition) is 0. The minimum atomic E-state index is -0.0884. The first-order valence-electron chi connectivity index (χ1n) is 8.01. The van der Waals surface area contributed by atoms with Gasteiger partial charge in [-0.05, 0) is 25.5 Å². The molecule has 0 fully saturated rings. The van der Waals surface area contributed by atoms with E-state index >= 15 is 0 Å². The van der Waals surface area contributed by atoms with E-state index in [0.717, 1.165) is 23.4 Å². The highest BCUT2D eigenvalue weighted by atomic mass is 16.5. The molecule has 25 heavy (non-hydrogen) atoms. The SMILES string of the molecule is COc1cc(OC)c2c(c1)N(C(=O)c1c(C)nn3ncccc13)CC2. The average Bonchev–Trinajstić information content (AvgIpc) is 3.20. The van der Waals surface area contributed by atoms with Crippen molar-refractivity contribution >= 4 is 17.1 Å². The van der Waals surface area contributed by atoms with Crippen LogP contribution < -0.4 is 14.4 Å². The van der Waals surface area contributed by atoms with Crippen LogP contribution in [0.5, 0.6) is 11.5 Å². The second kappa shape index (κ2) is 5.77. The molecule has 4 rings (SSSR count). The number of benzene rings is 1. The van der Waals surface area contributed by atoms with E-state index in [1.54, 1.807) is 31.4 Å². The zero-order valence-electron chi connectivity index (χ0n) is 14.3. The van der Waals surface area contributed by atoms with Gasteiger partial charge < -0.3 is 14.4 Å². The fourth-order valence-corrected chi connectivity index (χ4v) is 3.36. The number of amides is 1. The molecule has 0 radical (unpaired) electrons. The van der Waals surface area contributed by atoms with Crippen molar-refractivity contribution in [3.05, 3.63) is 47.3 Å². The Hall–Kier alpha value is -3.09. The van der Waals surface area contributed by atoms with Gasteiger partial charge in [0.2, 0.25) is 0 Å². The molecule has 0 bridgehead atoms. The zero-order chi connectivity index (χ0) is 17.6. The molecule has 0 saturated heterocycles. The average molecular weight is 338 g/mol. The molecule has 0 N–H and O–H groups in total. The molecule has 1 amide bonds. The van der Waals surface area contributed by atoms with Gasteiger partial charge in [-0.15, -0.1) is 0 Å². The fourth-order valence-electron chi connectivity index (χ4n) is 3.36. The second-order valence-corrected chi connectivity index (χ2v) is 5.89. The summed E-state index contributed by atoms with van der Waals surface area (Å²) in [5.74, 6) is 1.31. The van der Waals surface area contributed by atoms with Crippen LogP contribution in [-0.4, -0.2) is 41.5 Å². The molecular weight excluding hydrogens is 320 g/mol. The van der Waals surface area contributed by atoms with Gasteiger partial charge in [0.25, 0.3) is 5.91 Å². The fraction of sp³-hybridized carbons (Fsp3) is 0.278. The third-order valence-corrected chi connectivity index (χ3v) is 4.54. The Kier molecular flexibility index (Phi) is 3.56. The molecular formula is C18H18N4O3. The summed E-state index contributed by atoms with van der Waals surface area (Å²) in [5.41, 5.74) is 3.77. The van der Waals surface area contributed by atoms with Crippen LogP contribution in [0.3, 0.4) is 0 Å². The zero-order valence-corrected chi connectivity index (χ0v) is 14.3. The van der Waals surface area contributed by atoms with Crippen molar-refractivity contribution in [2.75, 3.05) is 25.7 Å². The van der Waals surface area contributed by atoms with E-state index in [-0.39, 0.29) is 5.91 Å². The molecule has 0 saturated carbocycles. The van der Waals surface area contributed by atoms with Crippen LogP contribution in [0, 0.1) is 6.92 Å². The van der Waals surface area contributed by atoms with Crippen molar-refractivity contribution in [1.29, 1.82) is 0 Å². The first kappa shape index (κ1) is 15.4. The van der Waals surface area contributed by atoms with E-state index < -0.39 is 0 Å². The van der Waals surface area contributed by atoms with E-state index in [2.05, 4.69) is 10.2 Å². The second-order valence-electron chi connectivity index (χ2n) is 5.89. The van der Waals surface area contributed by atoms with Crippen molar-refractivity contribution in [1.82, 2.24) is 14.8 Å². The van der Waals surface area contributed by atoms with Crippen molar-refractivity contribution < 1.29 is 14.3 Å². The lowest BCUT2D eigenvalue weighted by Gasteiger charge is -2.18. The molecule has 3 heterocycles. The van der Waals surface area contributed by atoms with Gasteiger partial charge in [0.15, 0.2) is 0 Å². The number of methoxy groups -OCH3 is 2. The minimum Gasteiger partial charge on any atom is -0.497 e. The van der Waals surface area contributed by atoms with Gasteiger partial charge in [-0.25, -0.2) is 0 Å². The van der Waals surface area contributed by atoms with Gasteiger partial charge in [-0.2, -0.15) is 14.8 Å². The number of nitrogens with zero attached hydrogens (tertiary/aromatic N) is 4. The van der Waals surface area contributed by atoms with E-state index in [1.165, 1.54) is 4.63 Å². The van der Waals surface area contributed by atoms with E-state index in [0.29, 0.717) is 29.1 Å². The molecule has 1 aromatic carbocycles. The Balaban J connectivity index is 1.82. The number of fused-ring (bicyclic) bond motifs is 2. The molecule has 0 aliphatic carbocycles. The molecule has 3 aromatic rings. The Morgan fingerprint density at radius 2 is 2.08 bits per heavy atom. The number of hydrogen-bond acceptors (Lipinski definition) is 5. The quantitative estimate of drug-likeness (QED) is 0.733. The molecule has 1 aliphatic rings. The maximum Gasteiger partial charge on any atom is 0.262 e. The number of ether oxygens (including phenoxy) is 2.